The fourth-order valence-corrected chi connectivity index (χ4v) is 3.63. The van der Waals surface area contributed by atoms with E-state index in [1.165, 1.54) is 19.1 Å². The fraction of sp³-hybridized carbons (Fsp3) is 0.533. The average molecular weight is 605 g/mol. The SMILES string of the molecule is C=C/C(Cl)=C\C=C/C[C@H]1CNC[C@H]1c1cc(F)c(Cl)cc1NC(C)=O.CC(C)(C)C.CO.O=CNCCCCO. The third-order valence-corrected chi connectivity index (χ3v) is 5.55. The number of amides is 2. The van der Waals surface area contributed by atoms with E-state index in [0.29, 0.717) is 29.1 Å². The zero-order valence-corrected chi connectivity index (χ0v) is 26.2. The van der Waals surface area contributed by atoms with Crippen molar-refractivity contribution in [1.29, 1.82) is 0 Å². The summed E-state index contributed by atoms with van der Waals surface area (Å²) in [5.41, 5.74) is 1.83. The minimum absolute atomic E-state index is 0.000828. The summed E-state index contributed by atoms with van der Waals surface area (Å²) in [5.74, 6) is -0.333. The second-order valence-electron chi connectivity index (χ2n) is 10.5. The number of hydrogen-bond donors (Lipinski definition) is 5. The smallest absolute Gasteiger partial charge is 0.221 e. The molecule has 0 radical (unpaired) electrons. The van der Waals surface area contributed by atoms with Gasteiger partial charge in [-0.2, -0.15) is 0 Å². The molecule has 1 aliphatic rings. The first kappa shape index (κ1) is 39.9. The lowest BCUT2D eigenvalue weighted by Crippen LogP contribution is -2.15. The topological polar surface area (TPSA) is 111 Å². The molecular weight excluding hydrogens is 556 g/mol. The number of benzene rings is 1. The predicted molar refractivity (Wildman–Crippen MR) is 166 cm³/mol. The van der Waals surface area contributed by atoms with E-state index < -0.39 is 5.82 Å². The molecule has 1 aromatic rings. The molecular formula is C30H48Cl2FN3O4. The molecule has 7 nitrogen and oxygen atoms in total. The Kier molecular flexibility index (Phi) is 23.4. The number of rotatable bonds is 11. The molecule has 1 fully saturated rings. The largest absolute Gasteiger partial charge is 0.400 e. The molecule has 5 N–H and O–H groups in total. The molecule has 0 bridgehead atoms. The number of anilines is 1. The highest BCUT2D eigenvalue weighted by Crippen LogP contribution is 2.37. The molecule has 0 aromatic heterocycles. The quantitative estimate of drug-likeness (QED) is 0.118. The number of hydrogen-bond acceptors (Lipinski definition) is 5. The van der Waals surface area contributed by atoms with Gasteiger partial charge in [0.1, 0.15) is 5.82 Å². The van der Waals surface area contributed by atoms with Gasteiger partial charge in [-0.05, 0) is 60.9 Å². The van der Waals surface area contributed by atoms with Crippen LogP contribution in [-0.4, -0.2) is 55.9 Å². The standard InChI is InChI=1S/C19H21Cl2FN2O.C5H11NO2.C5H12.CH4O/c1-3-14(20)7-5-4-6-13-10-23-11-16(13)15-8-18(22)17(21)9-19(15)24-12(2)25;7-4-2-1-3-6-5-8;1-5(2,3)4;1-2/h3-5,7-9,13,16,23H,1,6,10-11H2,2H3,(H,24,25);5,7H,1-4H2,(H,6,8);1-4H3;2H,1H3/b5-4-,14-7+;;;/t13-,16+;;;/m0.../s1. The number of halogens is 3. The lowest BCUT2D eigenvalue weighted by Gasteiger charge is -2.21. The molecule has 2 amide bonds. The maximum absolute atomic E-state index is 14.0. The van der Waals surface area contributed by atoms with E-state index in [1.54, 1.807) is 12.2 Å². The molecule has 2 rings (SSSR count). The monoisotopic (exact) mass is 603 g/mol. The van der Waals surface area contributed by atoms with Crippen molar-refractivity contribution in [3.05, 3.63) is 64.5 Å². The van der Waals surface area contributed by atoms with E-state index in [-0.39, 0.29) is 29.4 Å². The van der Waals surface area contributed by atoms with Crippen LogP contribution in [0.25, 0.3) is 0 Å². The highest BCUT2D eigenvalue weighted by molar-refractivity contribution is 6.31. The van der Waals surface area contributed by atoms with E-state index >= 15 is 0 Å². The Balaban J connectivity index is 0. The Hall–Kier alpha value is -2.23. The summed E-state index contributed by atoms with van der Waals surface area (Å²) < 4.78 is 14.0. The maximum Gasteiger partial charge on any atom is 0.221 e. The van der Waals surface area contributed by atoms with Gasteiger partial charge in [0, 0.05) is 50.4 Å². The summed E-state index contributed by atoms with van der Waals surface area (Å²) in [4.78, 5) is 21.1. The van der Waals surface area contributed by atoms with Gasteiger partial charge in [-0.3, -0.25) is 9.59 Å². The molecule has 1 saturated heterocycles. The van der Waals surface area contributed by atoms with Crippen molar-refractivity contribution in [3.8, 4) is 0 Å². The number of allylic oxidation sites excluding steroid dienone is 5. The predicted octanol–water partition coefficient (Wildman–Crippen LogP) is 6.16. The number of nitrogens with one attached hydrogen (secondary N) is 3. The molecule has 1 aliphatic heterocycles. The summed E-state index contributed by atoms with van der Waals surface area (Å²) in [7, 11) is 1.00. The van der Waals surface area contributed by atoms with Gasteiger partial charge in [-0.25, -0.2) is 4.39 Å². The zero-order chi connectivity index (χ0) is 31.1. The van der Waals surface area contributed by atoms with Crippen LogP contribution in [0, 0.1) is 17.2 Å². The van der Waals surface area contributed by atoms with Crippen LogP contribution in [0.15, 0.2) is 48.0 Å². The van der Waals surface area contributed by atoms with Crippen LogP contribution in [0.3, 0.4) is 0 Å². The average Bonchev–Trinajstić information content (AvgIpc) is 3.35. The number of unbranched alkanes of at least 4 members (excludes halogenated alkanes) is 1. The van der Waals surface area contributed by atoms with Crippen molar-refractivity contribution in [1.82, 2.24) is 10.6 Å². The summed E-state index contributed by atoms with van der Waals surface area (Å²) in [5, 5.41) is 24.4. The number of carbonyl (C=O) groups is 2. The van der Waals surface area contributed by atoms with Crippen LogP contribution in [-0.2, 0) is 9.59 Å². The summed E-state index contributed by atoms with van der Waals surface area (Å²) in [6.07, 6.45) is 10.4. The van der Waals surface area contributed by atoms with Crippen LogP contribution < -0.4 is 16.0 Å². The minimum atomic E-state index is -0.479. The first-order valence-electron chi connectivity index (χ1n) is 13.2. The lowest BCUT2D eigenvalue weighted by atomic mass is 9.85. The molecule has 1 aromatic carbocycles. The highest BCUT2D eigenvalue weighted by atomic mass is 35.5. The molecule has 228 valence electrons. The van der Waals surface area contributed by atoms with Gasteiger partial charge in [0.15, 0.2) is 0 Å². The van der Waals surface area contributed by atoms with E-state index in [2.05, 4.69) is 50.2 Å². The Labute approximate surface area is 249 Å². The third-order valence-electron chi connectivity index (χ3n) is 4.98. The molecule has 40 heavy (non-hydrogen) atoms. The first-order valence-corrected chi connectivity index (χ1v) is 13.9. The van der Waals surface area contributed by atoms with Gasteiger partial charge in [0.05, 0.1) is 5.02 Å². The van der Waals surface area contributed by atoms with Crippen LogP contribution in [0.4, 0.5) is 10.1 Å². The maximum atomic E-state index is 14.0. The van der Waals surface area contributed by atoms with E-state index in [1.807, 2.05) is 12.2 Å². The van der Waals surface area contributed by atoms with Gasteiger partial charge < -0.3 is 26.2 Å². The van der Waals surface area contributed by atoms with Crippen LogP contribution >= 0.6 is 23.2 Å². The van der Waals surface area contributed by atoms with Crippen LogP contribution in [0.2, 0.25) is 5.02 Å². The molecule has 0 aliphatic carbocycles. The zero-order valence-electron chi connectivity index (χ0n) is 24.7. The van der Waals surface area contributed by atoms with Crippen molar-refractivity contribution < 1.29 is 24.2 Å². The Morgan fingerprint density at radius 2 is 1.85 bits per heavy atom. The van der Waals surface area contributed by atoms with Gasteiger partial charge in [-0.15, -0.1) is 0 Å². The molecule has 0 saturated carbocycles. The van der Waals surface area contributed by atoms with Crippen molar-refractivity contribution in [3.63, 3.8) is 0 Å². The Bertz CT molecular complexity index is 928. The molecule has 0 unspecified atom stereocenters. The first-order chi connectivity index (χ1) is 18.8. The Morgan fingerprint density at radius 3 is 2.38 bits per heavy atom. The second kappa shape index (κ2) is 23.5. The number of carbonyl (C=O) groups excluding carboxylic acids is 2. The van der Waals surface area contributed by atoms with E-state index in [9.17, 15) is 14.0 Å². The minimum Gasteiger partial charge on any atom is -0.400 e. The van der Waals surface area contributed by atoms with Crippen LogP contribution in [0.5, 0.6) is 0 Å². The number of aliphatic hydroxyl groups is 2. The third kappa shape index (κ3) is 20.6. The molecule has 10 heteroatoms. The molecule has 0 spiro atoms. The normalized spacial score (nSPS) is 16.4. The van der Waals surface area contributed by atoms with Gasteiger partial charge in [0.2, 0.25) is 12.3 Å². The Morgan fingerprint density at radius 1 is 1.23 bits per heavy atom. The van der Waals surface area contributed by atoms with Crippen LogP contribution in [0.1, 0.15) is 65.4 Å². The van der Waals surface area contributed by atoms with E-state index in [4.69, 9.17) is 33.4 Å². The van der Waals surface area contributed by atoms with Gasteiger partial charge in [0.25, 0.3) is 0 Å². The second-order valence-corrected chi connectivity index (χ2v) is 11.3. The summed E-state index contributed by atoms with van der Waals surface area (Å²) >= 11 is 11.7. The van der Waals surface area contributed by atoms with Crippen molar-refractivity contribution in [2.45, 2.75) is 59.8 Å². The van der Waals surface area contributed by atoms with Gasteiger partial charge in [-0.1, -0.05) is 75.7 Å². The summed E-state index contributed by atoms with van der Waals surface area (Å²) in [6, 6.07) is 2.90. The van der Waals surface area contributed by atoms with Crippen molar-refractivity contribution in [2.75, 3.05) is 38.7 Å². The molecule has 2 atom stereocenters. The number of aliphatic hydroxyl groups excluding tert-OH is 2. The highest BCUT2D eigenvalue weighted by Gasteiger charge is 2.30. The lowest BCUT2D eigenvalue weighted by molar-refractivity contribution is -0.114. The van der Waals surface area contributed by atoms with Crippen molar-refractivity contribution in [2.24, 2.45) is 11.3 Å². The van der Waals surface area contributed by atoms with E-state index in [0.717, 1.165) is 45.0 Å². The fourth-order valence-electron chi connectivity index (χ4n) is 3.39. The molecule has 1 heterocycles. The van der Waals surface area contributed by atoms with Crippen molar-refractivity contribution >= 4 is 41.2 Å². The van der Waals surface area contributed by atoms with Gasteiger partial charge >= 0.3 is 0 Å². The summed E-state index contributed by atoms with van der Waals surface area (Å²) in [6.45, 7) is 16.2.